The van der Waals surface area contributed by atoms with Gasteiger partial charge in [0.25, 0.3) is 0 Å². The number of hydrogen-bond donors (Lipinski definition) is 13. The Morgan fingerprint density at radius 1 is 0.574 bits per heavy atom. The maximum Gasteiger partial charge on any atom is 0.217 e. The number of carbonyl (C=O) groups is 1. The molecular formula is C26H45NO20. The molecule has 0 aromatic heterocycles. The van der Waals surface area contributed by atoms with E-state index in [2.05, 4.69) is 5.32 Å². The number of nitrogens with one attached hydrogen (secondary N) is 1. The summed E-state index contributed by atoms with van der Waals surface area (Å²) in [7, 11) is 0. The molecule has 21 nitrogen and oxygen atoms in total. The molecule has 21 heteroatoms. The lowest BCUT2D eigenvalue weighted by Crippen LogP contribution is -2.69. The summed E-state index contributed by atoms with van der Waals surface area (Å²) in [5.41, 5.74) is 0. The van der Waals surface area contributed by atoms with E-state index >= 15 is 0 Å². The highest BCUT2D eigenvalue weighted by atomic mass is 16.8. The predicted molar refractivity (Wildman–Crippen MR) is 144 cm³/mol. The number of carbonyl (C=O) groups excluding carboxylic acids is 1. The van der Waals surface area contributed by atoms with Crippen LogP contribution in [0.3, 0.4) is 0 Å². The minimum atomic E-state index is -1.95. The molecule has 0 saturated carbocycles. The van der Waals surface area contributed by atoms with Gasteiger partial charge >= 0.3 is 0 Å². The summed E-state index contributed by atoms with van der Waals surface area (Å²) in [6.45, 7) is -2.44. The maximum absolute atomic E-state index is 12.1. The third-order valence-corrected chi connectivity index (χ3v) is 8.53. The number of aliphatic hydroxyl groups excluding tert-OH is 12. The third kappa shape index (κ3) is 8.20. The number of aliphatic hydroxyl groups is 12. The molecule has 0 spiro atoms. The average molecular weight is 692 g/mol. The Labute approximate surface area is 267 Å². The van der Waals surface area contributed by atoms with E-state index in [-0.39, 0.29) is 6.61 Å². The van der Waals surface area contributed by atoms with Gasteiger partial charge in [-0.15, -0.1) is 0 Å². The Bertz CT molecular complexity index is 994. The first-order valence-electron chi connectivity index (χ1n) is 15.0. The summed E-state index contributed by atoms with van der Waals surface area (Å²) in [6.07, 6.45) is -29.9. The van der Waals surface area contributed by atoms with Gasteiger partial charge in [-0.2, -0.15) is 0 Å². The van der Waals surface area contributed by atoms with Gasteiger partial charge in [0.1, 0.15) is 97.6 Å². The van der Waals surface area contributed by atoms with E-state index in [9.17, 15) is 66.1 Å². The molecule has 0 bridgehead atoms. The molecule has 13 N–H and O–H groups in total. The van der Waals surface area contributed by atoms with Crippen LogP contribution in [-0.2, 0) is 38.0 Å². The lowest BCUT2D eigenvalue weighted by atomic mass is 9.94. The van der Waals surface area contributed by atoms with E-state index in [1.54, 1.807) is 0 Å². The van der Waals surface area contributed by atoms with Crippen molar-refractivity contribution in [3.63, 3.8) is 0 Å². The van der Waals surface area contributed by atoms with E-state index in [0.29, 0.717) is 0 Å². The van der Waals surface area contributed by atoms with Gasteiger partial charge in [0, 0.05) is 6.92 Å². The van der Waals surface area contributed by atoms with Gasteiger partial charge < -0.3 is 99.8 Å². The lowest BCUT2D eigenvalue weighted by molar-refractivity contribution is -0.375. The van der Waals surface area contributed by atoms with Crippen LogP contribution in [0.1, 0.15) is 6.92 Å². The third-order valence-electron chi connectivity index (χ3n) is 8.53. The molecule has 4 aliphatic heterocycles. The Morgan fingerprint density at radius 3 is 1.62 bits per heavy atom. The average Bonchev–Trinajstić information content (AvgIpc) is 3.05. The van der Waals surface area contributed by atoms with Crippen molar-refractivity contribution in [3.05, 3.63) is 0 Å². The van der Waals surface area contributed by atoms with Gasteiger partial charge in [-0.05, 0) is 0 Å². The van der Waals surface area contributed by atoms with Crippen molar-refractivity contribution < 1.29 is 99.2 Å². The normalized spacial score (nSPS) is 49.4. The Balaban J connectivity index is 1.56. The molecular weight excluding hydrogens is 646 g/mol. The molecule has 274 valence electrons. The van der Waals surface area contributed by atoms with Crippen LogP contribution in [0.5, 0.6) is 0 Å². The van der Waals surface area contributed by atoms with Crippen molar-refractivity contribution in [2.75, 3.05) is 33.0 Å². The minimum Gasteiger partial charge on any atom is -0.394 e. The van der Waals surface area contributed by atoms with Crippen LogP contribution in [0.2, 0.25) is 0 Å². The fraction of sp³-hybridized carbons (Fsp3) is 0.962. The smallest absolute Gasteiger partial charge is 0.217 e. The van der Waals surface area contributed by atoms with Crippen LogP contribution >= 0.6 is 0 Å². The first-order valence-corrected chi connectivity index (χ1v) is 15.0. The van der Waals surface area contributed by atoms with Crippen molar-refractivity contribution in [2.45, 2.75) is 123 Å². The molecule has 12 unspecified atom stereocenters. The van der Waals surface area contributed by atoms with Gasteiger partial charge in [-0.3, -0.25) is 4.79 Å². The fourth-order valence-electron chi connectivity index (χ4n) is 5.89. The molecule has 19 atom stereocenters. The van der Waals surface area contributed by atoms with Crippen molar-refractivity contribution >= 4 is 5.91 Å². The maximum atomic E-state index is 12.1. The van der Waals surface area contributed by atoms with E-state index < -0.39 is 149 Å². The lowest BCUT2D eigenvalue weighted by Gasteiger charge is -2.49. The predicted octanol–water partition coefficient (Wildman–Crippen LogP) is -8.92. The van der Waals surface area contributed by atoms with Crippen molar-refractivity contribution in [2.24, 2.45) is 0 Å². The molecule has 4 fully saturated rings. The highest BCUT2D eigenvalue weighted by molar-refractivity contribution is 5.73. The summed E-state index contributed by atoms with van der Waals surface area (Å²) < 4.78 is 38.9. The summed E-state index contributed by atoms with van der Waals surface area (Å²) in [6, 6.07) is -1.58. The highest BCUT2D eigenvalue weighted by Gasteiger charge is 2.55. The molecule has 0 aromatic carbocycles. The molecule has 4 aliphatic rings. The molecule has 0 aliphatic carbocycles. The Morgan fingerprint density at radius 2 is 1.06 bits per heavy atom. The summed E-state index contributed by atoms with van der Waals surface area (Å²) in [5.74, 6) is -0.734. The molecule has 0 aromatic rings. The van der Waals surface area contributed by atoms with Crippen LogP contribution in [0, 0.1) is 0 Å². The van der Waals surface area contributed by atoms with Gasteiger partial charge in [0.15, 0.2) is 18.9 Å². The first kappa shape index (κ1) is 38.5. The van der Waals surface area contributed by atoms with E-state index in [1.165, 1.54) is 0 Å². The number of amides is 1. The van der Waals surface area contributed by atoms with Gasteiger partial charge in [-0.1, -0.05) is 0 Å². The van der Waals surface area contributed by atoms with Crippen LogP contribution < -0.4 is 5.32 Å². The molecule has 47 heavy (non-hydrogen) atoms. The fourth-order valence-corrected chi connectivity index (χ4v) is 5.89. The summed E-state index contributed by atoms with van der Waals surface area (Å²) in [4.78, 5) is 12.1. The largest absolute Gasteiger partial charge is 0.394 e. The molecule has 0 radical (unpaired) electrons. The topological polar surface area (TPSA) is 336 Å². The monoisotopic (exact) mass is 691 g/mol. The second-order valence-corrected chi connectivity index (χ2v) is 11.8. The summed E-state index contributed by atoms with van der Waals surface area (Å²) in [5, 5.41) is 126. The SMILES string of the molecule is CC(=O)NC1C(O)[C@H](O[C@@H]2OC(CO)[C@H](O)C(O)C2O)C(CO)O[C@H]1OC1C(O)[C@H](O[C@@H]2C(CO)OCC(O)C2O)OC(CO)[C@@H]1O. The number of rotatable bonds is 11. The van der Waals surface area contributed by atoms with Crippen LogP contribution in [0.15, 0.2) is 0 Å². The Kier molecular flexibility index (Phi) is 13.6. The van der Waals surface area contributed by atoms with E-state index in [1.807, 2.05) is 0 Å². The molecule has 4 saturated heterocycles. The number of hydrogen-bond acceptors (Lipinski definition) is 20. The van der Waals surface area contributed by atoms with Gasteiger partial charge in [-0.25, -0.2) is 0 Å². The summed E-state index contributed by atoms with van der Waals surface area (Å²) >= 11 is 0. The van der Waals surface area contributed by atoms with Gasteiger partial charge in [0.2, 0.25) is 5.91 Å². The quantitative estimate of drug-likeness (QED) is 0.0956. The first-order chi connectivity index (χ1) is 22.3. The van der Waals surface area contributed by atoms with Crippen molar-refractivity contribution in [3.8, 4) is 0 Å². The zero-order valence-electron chi connectivity index (χ0n) is 25.1. The minimum absolute atomic E-state index is 0.330. The highest BCUT2D eigenvalue weighted by Crippen LogP contribution is 2.34. The standard InChI is InChI=1S/C26H45NO20/c1-7(32)27-13-17(37)22(46-25-19(39)18(38)15(35)9(2-28)42-25)12(5-31)44-24(13)47-23-16(36)10(3-29)43-26(20(23)40)45-21-11(4-30)41-6-8(33)14(21)34/h8-26,28-31,33-40H,2-6H2,1H3,(H,27,32)/t8?,9?,10?,11?,12?,13?,14?,15-,16-,17?,18?,19?,20?,21+,22+,23?,24-,25-,26-/m0/s1. The van der Waals surface area contributed by atoms with Crippen LogP contribution in [0.25, 0.3) is 0 Å². The second kappa shape index (κ2) is 16.6. The second-order valence-electron chi connectivity index (χ2n) is 11.8. The van der Waals surface area contributed by atoms with Crippen LogP contribution in [0.4, 0.5) is 0 Å². The van der Waals surface area contributed by atoms with Crippen molar-refractivity contribution in [1.29, 1.82) is 0 Å². The van der Waals surface area contributed by atoms with E-state index in [4.69, 9.17) is 33.2 Å². The zero-order chi connectivity index (χ0) is 34.7. The van der Waals surface area contributed by atoms with Gasteiger partial charge in [0.05, 0.1) is 33.0 Å². The zero-order valence-corrected chi connectivity index (χ0v) is 25.1. The Hall–Kier alpha value is -1.29. The molecule has 4 rings (SSSR count). The van der Waals surface area contributed by atoms with E-state index in [0.717, 1.165) is 6.92 Å². The molecule has 4 heterocycles. The van der Waals surface area contributed by atoms with Crippen molar-refractivity contribution in [1.82, 2.24) is 5.32 Å². The number of ether oxygens (including phenoxy) is 7. The molecule has 1 amide bonds. The van der Waals surface area contributed by atoms with Crippen LogP contribution in [-0.4, -0.2) is 217 Å².